The number of imidazole rings is 1. The Morgan fingerprint density at radius 3 is 2.78 bits per heavy atom. The molecule has 0 aliphatic heterocycles. The Labute approximate surface area is 111 Å². The lowest BCUT2D eigenvalue weighted by molar-refractivity contribution is 0.361. The summed E-state index contributed by atoms with van der Waals surface area (Å²) >= 11 is 5.92. The topological polar surface area (TPSA) is 66.5 Å². The van der Waals surface area contributed by atoms with Crippen LogP contribution in [0.3, 0.4) is 0 Å². The fourth-order valence-electron chi connectivity index (χ4n) is 1.81. The van der Waals surface area contributed by atoms with Gasteiger partial charge in [0.1, 0.15) is 5.52 Å². The first-order chi connectivity index (χ1) is 8.46. The van der Waals surface area contributed by atoms with Crippen LogP contribution in [0.1, 0.15) is 34.1 Å². The van der Waals surface area contributed by atoms with Crippen molar-refractivity contribution in [2.45, 2.75) is 39.7 Å². The van der Waals surface area contributed by atoms with Gasteiger partial charge in [-0.1, -0.05) is 20.8 Å². The predicted octanol–water partition coefficient (Wildman–Crippen LogP) is 3.24. The van der Waals surface area contributed by atoms with Gasteiger partial charge in [-0.15, -0.1) is 0 Å². The Balaban J connectivity index is 2.45. The molecule has 2 aromatic rings. The van der Waals surface area contributed by atoms with E-state index in [1.165, 1.54) is 0 Å². The normalized spacial score (nSPS) is 15.0. The van der Waals surface area contributed by atoms with Crippen LogP contribution in [0.4, 0.5) is 5.82 Å². The first kappa shape index (κ1) is 13.1. The van der Waals surface area contributed by atoms with E-state index in [1.807, 2.05) is 0 Å². The standard InChI is InChI=1S/C12H18ClN5/c1-5-12(4,7(2)3)18-10-8-9(15-6-14-8)16-11(13)17-10/h6-7H,5H2,1-4H3,(H2,14,15,16,17,18). The summed E-state index contributed by atoms with van der Waals surface area (Å²) in [6.45, 7) is 8.70. The number of fused-ring (bicyclic) bond motifs is 1. The fourth-order valence-corrected chi connectivity index (χ4v) is 1.97. The zero-order chi connectivity index (χ0) is 13.3. The SMILES string of the molecule is CCC(C)(Nc1nc(Cl)nc2nc[nH]c12)C(C)C. The van der Waals surface area contributed by atoms with Crippen LogP contribution in [0.25, 0.3) is 11.2 Å². The first-order valence-corrected chi connectivity index (χ1v) is 6.49. The zero-order valence-electron chi connectivity index (χ0n) is 11.1. The van der Waals surface area contributed by atoms with Gasteiger partial charge in [-0.25, -0.2) is 4.98 Å². The molecule has 5 nitrogen and oxygen atoms in total. The van der Waals surface area contributed by atoms with Crippen molar-refractivity contribution in [2.75, 3.05) is 5.32 Å². The molecule has 0 fully saturated rings. The summed E-state index contributed by atoms with van der Waals surface area (Å²) in [5.74, 6) is 1.18. The number of aromatic nitrogens is 4. The summed E-state index contributed by atoms with van der Waals surface area (Å²) in [7, 11) is 0. The van der Waals surface area contributed by atoms with Crippen molar-refractivity contribution >= 4 is 28.6 Å². The van der Waals surface area contributed by atoms with E-state index >= 15 is 0 Å². The second kappa shape index (κ2) is 4.72. The van der Waals surface area contributed by atoms with E-state index < -0.39 is 0 Å². The average molecular weight is 268 g/mol. The van der Waals surface area contributed by atoms with Crippen LogP contribution in [0.2, 0.25) is 5.28 Å². The largest absolute Gasteiger partial charge is 0.363 e. The summed E-state index contributed by atoms with van der Waals surface area (Å²) in [4.78, 5) is 15.5. The molecule has 0 aliphatic carbocycles. The van der Waals surface area contributed by atoms with E-state index in [1.54, 1.807) is 6.33 Å². The van der Waals surface area contributed by atoms with Gasteiger partial charge in [-0.3, -0.25) is 0 Å². The van der Waals surface area contributed by atoms with E-state index in [0.717, 1.165) is 11.9 Å². The van der Waals surface area contributed by atoms with Crippen molar-refractivity contribution < 1.29 is 0 Å². The molecule has 6 heteroatoms. The molecule has 0 radical (unpaired) electrons. The quantitative estimate of drug-likeness (QED) is 0.835. The second-order valence-electron chi connectivity index (χ2n) is 4.99. The first-order valence-electron chi connectivity index (χ1n) is 6.11. The van der Waals surface area contributed by atoms with E-state index in [2.05, 4.69) is 52.9 Å². The monoisotopic (exact) mass is 267 g/mol. The van der Waals surface area contributed by atoms with E-state index in [9.17, 15) is 0 Å². The molecule has 0 bridgehead atoms. The van der Waals surface area contributed by atoms with E-state index in [4.69, 9.17) is 11.6 Å². The average Bonchev–Trinajstić information content (AvgIpc) is 2.76. The van der Waals surface area contributed by atoms with Crippen LogP contribution in [0.15, 0.2) is 6.33 Å². The van der Waals surface area contributed by atoms with Gasteiger partial charge in [0.05, 0.1) is 6.33 Å². The van der Waals surface area contributed by atoms with Crippen LogP contribution in [0, 0.1) is 5.92 Å². The van der Waals surface area contributed by atoms with Crippen molar-refractivity contribution in [2.24, 2.45) is 5.92 Å². The molecule has 98 valence electrons. The smallest absolute Gasteiger partial charge is 0.226 e. The third kappa shape index (κ3) is 2.27. The Hall–Kier alpha value is -1.36. The van der Waals surface area contributed by atoms with Crippen LogP contribution in [0.5, 0.6) is 0 Å². The Morgan fingerprint density at radius 2 is 2.17 bits per heavy atom. The van der Waals surface area contributed by atoms with Gasteiger partial charge in [-0.05, 0) is 30.9 Å². The van der Waals surface area contributed by atoms with Gasteiger partial charge in [0.2, 0.25) is 5.28 Å². The van der Waals surface area contributed by atoms with Crippen LogP contribution >= 0.6 is 11.6 Å². The number of hydrogen-bond acceptors (Lipinski definition) is 4. The van der Waals surface area contributed by atoms with Crippen molar-refractivity contribution in [3.8, 4) is 0 Å². The van der Waals surface area contributed by atoms with Gasteiger partial charge in [0, 0.05) is 5.54 Å². The highest BCUT2D eigenvalue weighted by Gasteiger charge is 2.27. The third-order valence-corrected chi connectivity index (χ3v) is 3.84. The number of aromatic amines is 1. The van der Waals surface area contributed by atoms with Crippen molar-refractivity contribution in [3.05, 3.63) is 11.6 Å². The predicted molar refractivity (Wildman–Crippen MR) is 73.9 cm³/mol. The minimum absolute atomic E-state index is 0.0459. The number of anilines is 1. The van der Waals surface area contributed by atoms with Crippen molar-refractivity contribution in [1.82, 2.24) is 19.9 Å². The van der Waals surface area contributed by atoms with Crippen molar-refractivity contribution in [3.63, 3.8) is 0 Å². The number of nitrogens with zero attached hydrogens (tertiary/aromatic N) is 3. The van der Waals surface area contributed by atoms with Gasteiger partial charge in [0.25, 0.3) is 0 Å². The van der Waals surface area contributed by atoms with Crippen LogP contribution < -0.4 is 5.32 Å². The maximum Gasteiger partial charge on any atom is 0.226 e. The van der Waals surface area contributed by atoms with Gasteiger partial charge in [-0.2, -0.15) is 9.97 Å². The number of hydrogen-bond donors (Lipinski definition) is 2. The molecule has 1 unspecified atom stereocenters. The van der Waals surface area contributed by atoms with Gasteiger partial charge < -0.3 is 10.3 Å². The molecular weight excluding hydrogens is 250 g/mol. The molecule has 0 saturated carbocycles. The van der Waals surface area contributed by atoms with Crippen molar-refractivity contribution in [1.29, 1.82) is 0 Å². The molecule has 2 aromatic heterocycles. The molecule has 0 spiro atoms. The van der Waals surface area contributed by atoms with E-state index in [-0.39, 0.29) is 10.8 Å². The molecule has 2 rings (SSSR count). The zero-order valence-corrected chi connectivity index (χ0v) is 11.8. The summed E-state index contributed by atoms with van der Waals surface area (Å²) in [6, 6.07) is 0. The highest BCUT2D eigenvalue weighted by molar-refractivity contribution is 6.28. The highest BCUT2D eigenvalue weighted by atomic mass is 35.5. The van der Waals surface area contributed by atoms with Crippen LogP contribution in [-0.2, 0) is 0 Å². The Kier molecular flexibility index (Phi) is 3.43. The summed E-state index contributed by atoms with van der Waals surface area (Å²) in [5, 5.41) is 3.68. The third-order valence-electron chi connectivity index (χ3n) is 3.67. The maximum atomic E-state index is 5.92. The van der Waals surface area contributed by atoms with E-state index in [0.29, 0.717) is 17.4 Å². The fraction of sp³-hybridized carbons (Fsp3) is 0.583. The van der Waals surface area contributed by atoms with Crippen LogP contribution in [-0.4, -0.2) is 25.5 Å². The second-order valence-corrected chi connectivity index (χ2v) is 5.33. The summed E-state index contributed by atoms with van der Waals surface area (Å²) in [6.07, 6.45) is 2.58. The minimum Gasteiger partial charge on any atom is -0.363 e. The summed E-state index contributed by atoms with van der Waals surface area (Å²) in [5.41, 5.74) is 1.33. The molecule has 18 heavy (non-hydrogen) atoms. The van der Waals surface area contributed by atoms with Gasteiger partial charge >= 0.3 is 0 Å². The molecule has 0 aliphatic rings. The molecular formula is C12H18ClN5. The molecule has 2 heterocycles. The minimum atomic E-state index is -0.0459. The highest BCUT2D eigenvalue weighted by Crippen LogP contribution is 2.28. The lowest BCUT2D eigenvalue weighted by atomic mass is 9.86. The number of H-pyrrole nitrogens is 1. The molecule has 0 aromatic carbocycles. The van der Waals surface area contributed by atoms with Gasteiger partial charge in [0.15, 0.2) is 11.5 Å². The number of nitrogens with one attached hydrogen (secondary N) is 2. The molecule has 2 N–H and O–H groups in total. The lowest BCUT2D eigenvalue weighted by Gasteiger charge is -2.34. The maximum absolute atomic E-state index is 5.92. The summed E-state index contributed by atoms with van der Waals surface area (Å²) < 4.78 is 0. The molecule has 1 atom stereocenters. The molecule has 0 saturated heterocycles. The molecule has 0 amide bonds. The number of halogens is 1. The lowest BCUT2D eigenvalue weighted by Crippen LogP contribution is -2.40. The Morgan fingerprint density at radius 1 is 1.44 bits per heavy atom. The Bertz CT molecular complexity index is 550. The number of rotatable bonds is 4.